The molecule has 4 aliphatic rings. The fourth-order valence-electron chi connectivity index (χ4n) is 15.6. The molecule has 0 fully saturated rings. The van der Waals surface area contributed by atoms with Gasteiger partial charge in [0.2, 0.25) is 23.4 Å². The van der Waals surface area contributed by atoms with Gasteiger partial charge in [0.1, 0.15) is 50.7 Å². The minimum absolute atomic E-state index is 0.150. The van der Waals surface area contributed by atoms with E-state index in [1.807, 2.05) is 79.7 Å². The number of carbonyl (C=O) groups is 14. The van der Waals surface area contributed by atoms with E-state index in [1.165, 1.54) is 47.3 Å². The lowest BCUT2D eigenvalue weighted by Crippen LogP contribution is -2.43. The van der Waals surface area contributed by atoms with Crippen LogP contribution in [-0.4, -0.2) is 246 Å². The molecule has 6 N–H and O–H groups in total. The van der Waals surface area contributed by atoms with E-state index in [0.29, 0.717) is 67.3 Å². The third-order valence-corrected chi connectivity index (χ3v) is 22.6. The minimum Gasteiger partial charge on any atom is -0.458 e. The van der Waals surface area contributed by atoms with Gasteiger partial charge in [-0.15, -0.1) is 0 Å². The number of hydrogen-bond donors (Lipinski definition) is 6. The Hall–Kier alpha value is -14.3. The van der Waals surface area contributed by atoms with Gasteiger partial charge in [-0.1, -0.05) is 86.6 Å². The standard InChI is InChI=1S/C100H112N10O27/c1-57-37-63(7)101-79(57)43-75-71-21-13-17-25-83(71)107(91(75)115)53-134-95(119)61(5)41-87(111)99(123)132-35-33-130-69(47-125-29-31-127-51-89(113)105-67(11)97(121)136-55-109-85-27-19-15-23-73(85)77(93(109)117)45-81-59(3)39-65(9)103-81)49-129-50-70(48-126-30-32-128-52-90(114)106-68(12)98(122)137-56-110-86-28-20-16-24-74(86)78(94(110)118)46-82-60(4)40-66(10)104-82)131-34-36-133-100(124)88(112)42-62(6)96(120)135-54-108-84-26-18-14-22-72(84)76(92(108)116)44-80-58(2)38-64(8)102-80/h13-28,37-40,43-46,61-62,67-70,101-104H,29-36,41-42,47-56H2,1-12H3,(H,105,113)(H,106,114)/b75-43-,76-44-,77-45-,78-46-. The number of anilines is 4. The Morgan fingerprint density at radius 2 is 0.591 bits per heavy atom. The maximum Gasteiger partial charge on any atom is 0.374 e. The number of aromatic nitrogens is 4. The number of Topliss-reactive ketones (excluding diaryl/α,β-unsaturated/α-hetero) is 2. The number of para-hydroxylation sites is 4. The van der Waals surface area contributed by atoms with Gasteiger partial charge in [-0.25, -0.2) is 19.2 Å². The van der Waals surface area contributed by atoms with Crippen LogP contribution in [-0.2, 0) is 129 Å². The first-order valence-electron chi connectivity index (χ1n) is 44.6. The minimum atomic E-state index is -1.29. The van der Waals surface area contributed by atoms with Crippen molar-refractivity contribution in [2.45, 2.75) is 120 Å². The lowest BCUT2D eigenvalue weighted by atomic mass is 10.1. The molecule has 0 bridgehead atoms. The highest BCUT2D eigenvalue weighted by Gasteiger charge is 2.40. The third-order valence-electron chi connectivity index (χ3n) is 22.6. The molecular formula is C100H112N10O27. The summed E-state index contributed by atoms with van der Waals surface area (Å²) in [6.07, 6.45) is 3.74. The number of carbonyl (C=O) groups excluding carboxylic acids is 14. The van der Waals surface area contributed by atoms with E-state index in [0.717, 1.165) is 67.8 Å². The van der Waals surface area contributed by atoms with Crippen molar-refractivity contribution in [1.29, 1.82) is 0 Å². The number of fused-ring (bicyclic) bond motifs is 4. The van der Waals surface area contributed by atoms with Crippen molar-refractivity contribution < 1.29 is 129 Å². The van der Waals surface area contributed by atoms with Crippen LogP contribution < -0.4 is 30.2 Å². The van der Waals surface area contributed by atoms with Crippen LogP contribution in [0.15, 0.2) is 121 Å². The normalized spacial score (nSPS) is 15.7. The van der Waals surface area contributed by atoms with Gasteiger partial charge in [0.15, 0.2) is 26.9 Å². The molecule has 724 valence electrons. The second-order valence-corrected chi connectivity index (χ2v) is 33.5. The van der Waals surface area contributed by atoms with Crippen molar-refractivity contribution in [2.24, 2.45) is 11.8 Å². The van der Waals surface area contributed by atoms with Crippen LogP contribution in [0.2, 0.25) is 0 Å². The molecule has 6 amide bonds. The molecule has 8 heterocycles. The third kappa shape index (κ3) is 26.7. The van der Waals surface area contributed by atoms with E-state index >= 15 is 0 Å². The molecule has 0 spiro atoms. The van der Waals surface area contributed by atoms with Crippen molar-refractivity contribution in [1.82, 2.24) is 30.6 Å². The quantitative estimate of drug-likeness (QED) is 0.00679. The van der Waals surface area contributed by atoms with Crippen LogP contribution in [0.3, 0.4) is 0 Å². The predicted octanol–water partition coefficient (Wildman–Crippen LogP) is 9.26. The molecule has 12 rings (SSSR count). The van der Waals surface area contributed by atoms with Crippen molar-refractivity contribution >= 4 is 152 Å². The molecular weight excluding hydrogens is 1770 g/mol. The number of nitrogens with zero attached hydrogens (tertiary/aromatic N) is 4. The summed E-state index contributed by atoms with van der Waals surface area (Å²) in [5, 5.41) is 5.04. The summed E-state index contributed by atoms with van der Waals surface area (Å²) in [4.78, 5) is 206. The largest absolute Gasteiger partial charge is 0.458 e. The molecule has 37 nitrogen and oxygen atoms in total. The molecule has 0 saturated carbocycles. The van der Waals surface area contributed by atoms with Gasteiger partial charge in [0.25, 0.3) is 23.6 Å². The SMILES string of the molecule is Cc1cc(C)c(/C=C2\C(=O)N(COC(=O)C(C)CC(=O)C(=O)OCCOC(COCCOCC(=O)NC(C)C(=O)OCN3C(=O)/C(=C\c4[nH]c(C)cc4C)c4ccccc43)COCC(COCCOCC(=O)NC(C)C(=O)OCN3C(=O)/C(=C\c4[nH]c(C)cc4C)c4ccccc43)OCCOC(=O)C(=O)CC(C)C(=O)OCN3C(=O)/C(=C\c4[nH]c(C)cc4C)c4ccccc43)c3ccccc32)[nH]1. The lowest BCUT2D eigenvalue weighted by molar-refractivity contribution is -0.158. The van der Waals surface area contributed by atoms with Crippen LogP contribution in [0.5, 0.6) is 0 Å². The number of aryl methyl sites for hydroxylation is 8. The van der Waals surface area contributed by atoms with Crippen molar-refractivity contribution in [3.05, 3.63) is 211 Å². The van der Waals surface area contributed by atoms with Crippen LogP contribution in [0.1, 0.15) is 131 Å². The number of nitrogens with one attached hydrogen (secondary N) is 6. The van der Waals surface area contributed by atoms with Gasteiger partial charge >= 0.3 is 35.8 Å². The second-order valence-electron chi connectivity index (χ2n) is 33.5. The number of rotatable bonds is 50. The average Bonchev–Trinajstić information content (AvgIpc) is 1.64. The van der Waals surface area contributed by atoms with Crippen LogP contribution in [0, 0.1) is 67.2 Å². The number of ether oxygens (including phenoxy) is 13. The van der Waals surface area contributed by atoms with Crippen LogP contribution >= 0.6 is 0 Å². The summed E-state index contributed by atoms with van der Waals surface area (Å²) in [5.41, 5.74) is 16.5. The molecule has 8 aromatic rings. The summed E-state index contributed by atoms with van der Waals surface area (Å²) >= 11 is 0. The Bertz CT molecular complexity index is 5630. The zero-order valence-electron chi connectivity index (χ0n) is 78.3. The topological polar surface area (TPSA) is 459 Å². The number of H-pyrrole nitrogens is 4. The molecule has 0 aliphatic carbocycles. The van der Waals surface area contributed by atoms with Crippen molar-refractivity contribution in [2.75, 3.05) is 139 Å². The van der Waals surface area contributed by atoms with Gasteiger partial charge in [-0.3, -0.25) is 67.5 Å². The number of ketones is 2. The average molecular weight is 1890 g/mol. The smallest absolute Gasteiger partial charge is 0.374 e. The maximum atomic E-state index is 13.8. The fourth-order valence-corrected chi connectivity index (χ4v) is 15.6. The van der Waals surface area contributed by atoms with Crippen LogP contribution in [0.25, 0.3) is 46.6 Å². The molecule has 0 radical (unpaired) electrons. The summed E-state index contributed by atoms with van der Waals surface area (Å²) in [7, 11) is 0. The number of benzene rings is 4. The Labute approximate surface area is 790 Å². The highest BCUT2D eigenvalue weighted by molar-refractivity contribution is 6.39. The van der Waals surface area contributed by atoms with Gasteiger partial charge < -0.3 is 92.1 Å². The Kier molecular flexibility index (Phi) is 35.4. The number of amides is 6. The van der Waals surface area contributed by atoms with Crippen molar-refractivity contribution in [3.63, 3.8) is 0 Å². The number of hydrogen-bond acceptors (Lipinski definition) is 27. The second kappa shape index (κ2) is 47.7. The maximum absolute atomic E-state index is 13.8. The van der Waals surface area contributed by atoms with E-state index in [-0.39, 0.29) is 66.1 Å². The van der Waals surface area contributed by atoms with E-state index < -0.39 is 185 Å². The fraction of sp³-hybridized carbons (Fsp3) is 0.380. The zero-order valence-corrected chi connectivity index (χ0v) is 78.3. The summed E-state index contributed by atoms with van der Waals surface area (Å²) in [5.74, 6) is -13.4. The van der Waals surface area contributed by atoms with Crippen molar-refractivity contribution in [3.8, 4) is 0 Å². The van der Waals surface area contributed by atoms with E-state index in [4.69, 9.17) is 61.6 Å². The lowest BCUT2D eigenvalue weighted by Gasteiger charge is -2.22. The van der Waals surface area contributed by atoms with Gasteiger partial charge in [-0.05, 0) is 164 Å². The predicted molar refractivity (Wildman–Crippen MR) is 500 cm³/mol. The van der Waals surface area contributed by atoms with E-state index in [2.05, 4.69) is 30.6 Å². The Morgan fingerprint density at radius 3 is 0.869 bits per heavy atom. The molecule has 4 aromatic heterocycles. The molecule has 4 aromatic carbocycles. The summed E-state index contributed by atoms with van der Waals surface area (Å²) in [6.45, 7) is 14.5. The van der Waals surface area contributed by atoms with Gasteiger partial charge in [0, 0.05) is 80.6 Å². The molecule has 6 unspecified atom stereocenters. The van der Waals surface area contributed by atoms with Gasteiger partial charge in [0.05, 0.1) is 123 Å². The first-order valence-corrected chi connectivity index (χ1v) is 44.6. The van der Waals surface area contributed by atoms with Gasteiger partial charge in [-0.2, -0.15) is 0 Å². The first-order chi connectivity index (χ1) is 65.7. The molecule has 37 heteroatoms. The molecule has 137 heavy (non-hydrogen) atoms. The zero-order chi connectivity index (χ0) is 98.3. The Morgan fingerprint density at radius 1 is 0.328 bits per heavy atom. The number of esters is 6. The molecule has 4 aliphatic heterocycles. The Balaban J connectivity index is 0.634. The van der Waals surface area contributed by atoms with Crippen LogP contribution in [0.4, 0.5) is 22.7 Å². The summed E-state index contributed by atoms with van der Waals surface area (Å²) in [6, 6.07) is 33.6. The first kappa shape index (κ1) is 102. The highest BCUT2D eigenvalue weighted by Crippen LogP contribution is 2.43. The highest BCUT2D eigenvalue weighted by atomic mass is 16.6. The molecule has 6 atom stereocenters. The molecule has 0 saturated heterocycles. The van der Waals surface area contributed by atoms with E-state index in [9.17, 15) is 67.1 Å². The monoisotopic (exact) mass is 1880 g/mol. The van der Waals surface area contributed by atoms with E-state index in [1.54, 1.807) is 121 Å². The summed E-state index contributed by atoms with van der Waals surface area (Å²) < 4.78 is 73.9. The number of aromatic amines is 4.